The fraction of sp³-hybridized carbons (Fsp3) is 0.172. The van der Waals surface area contributed by atoms with Crippen molar-refractivity contribution in [2.45, 2.75) is 32.7 Å². The SMILES string of the molecule is CCn1c2ccccc2c2ccc(Nc3ccc4c(c3)C(C)(C)c3ccccc3-4)cc21. The standard InChI is InChI=1S/C29H26N2/c1-4-31-27-12-8-6-10-23(27)24-16-14-20(18-28(24)31)30-19-13-15-22-21-9-5-7-11-25(21)29(2,3)26(22)17-19/h5-18,30H,4H2,1-3H3. The van der Waals surface area contributed by atoms with E-state index in [4.69, 9.17) is 0 Å². The van der Waals surface area contributed by atoms with Crippen molar-refractivity contribution in [1.82, 2.24) is 4.57 Å². The van der Waals surface area contributed by atoms with Crippen LogP contribution in [0.5, 0.6) is 0 Å². The molecule has 0 aliphatic heterocycles. The normalized spacial score (nSPS) is 14.0. The molecule has 1 aromatic heterocycles. The van der Waals surface area contributed by atoms with Gasteiger partial charge in [-0.2, -0.15) is 0 Å². The van der Waals surface area contributed by atoms with Gasteiger partial charge in [-0.05, 0) is 59.5 Å². The van der Waals surface area contributed by atoms with Gasteiger partial charge in [0.1, 0.15) is 0 Å². The summed E-state index contributed by atoms with van der Waals surface area (Å²) in [6.45, 7) is 7.82. The predicted molar refractivity (Wildman–Crippen MR) is 132 cm³/mol. The molecular weight excluding hydrogens is 376 g/mol. The number of aromatic nitrogens is 1. The van der Waals surface area contributed by atoms with Gasteiger partial charge in [0.05, 0.1) is 5.52 Å². The van der Waals surface area contributed by atoms with Gasteiger partial charge in [0.2, 0.25) is 0 Å². The van der Waals surface area contributed by atoms with E-state index in [1.165, 1.54) is 44.1 Å². The van der Waals surface area contributed by atoms with Crippen LogP contribution in [-0.2, 0) is 12.0 Å². The molecule has 1 heterocycles. The van der Waals surface area contributed by atoms with Crippen molar-refractivity contribution in [3.63, 3.8) is 0 Å². The van der Waals surface area contributed by atoms with Crippen molar-refractivity contribution in [2.24, 2.45) is 0 Å². The fourth-order valence-corrected chi connectivity index (χ4v) is 5.42. The van der Waals surface area contributed by atoms with Gasteiger partial charge >= 0.3 is 0 Å². The predicted octanol–water partition coefficient (Wildman–Crippen LogP) is 7.86. The van der Waals surface area contributed by atoms with Gasteiger partial charge in [0, 0.05) is 39.6 Å². The highest BCUT2D eigenvalue weighted by atomic mass is 15.0. The first-order valence-corrected chi connectivity index (χ1v) is 11.1. The number of hydrogen-bond donors (Lipinski definition) is 1. The van der Waals surface area contributed by atoms with E-state index in [0.717, 1.165) is 17.9 Å². The molecule has 4 aromatic carbocycles. The molecule has 2 heteroatoms. The van der Waals surface area contributed by atoms with Crippen LogP contribution in [0.3, 0.4) is 0 Å². The number of aryl methyl sites for hydroxylation is 1. The summed E-state index contributed by atoms with van der Waals surface area (Å²) in [7, 11) is 0. The van der Waals surface area contributed by atoms with E-state index >= 15 is 0 Å². The fourth-order valence-electron chi connectivity index (χ4n) is 5.42. The van der Waals surface area contributed by atoms with Gasteiger partial charge in [-0.1, -0.05) is 68.4 Å². The molecule has 6 rings (SSSR count). The molecule has 0 bridgehead atoms. The lowest BCUT2D eigenvalue weighted by atomic mass is 9.82. The molecule has 0 atom stereocenters. The number of rotatable bonds is 3. The molecule has 0 saturated carbocycles. The Kier molecular flexibility index (Phi) is 3.82. The number of nitrogens with zero attached hydrogens (tertiary/aromatic N) is 1. The first kappa shape index (κ1) is 18.3. The number of nitrogens with one attached hydrogen (secondary N) is 1. The number of benzene rings is 4. The third kappa shape index (κ3) is 2.58. The first-order valence-electron chi connectivity index (χ1n) is 11.1. The van der Waals surface area contributed by atoms with Crippen LogP contribution in [0.25, 0.3) is 32.9 Å². The van der Waals surface area contributed by atoms with Gasteiger partial charge in [-0.15, -0.1) is 0 Å². The Morgan fingerprint density at radius 1 is 0.677 bits per heavy atom. The third-order valence-corrected chi connectivity index (χ3v) is 6.96. The topological polar surface area (TPSA) is 17.0 Å². The van der Waals surface area contributed by atoms with Crippen LogP contribution in [0.15, 0.2) is 84.9 Å². The summed E-state index contributed by atoms with van der Waals surface area (Å²) < 4.78 is 2.40. The van der Waals surface area contributed by atoms with Gasteiger partial charge < -0.3 is 9.88 Å². The molecule has 31 heavy (non-hydrogen) atoms. The van der Waals surface area contributed by atoms with Crippen LogP contribution in [0.1, 0.15) is 31.9 Å². The molecular formula is C29H26N2. The zero-order valence-electron chi connectivity index (χ0n) is 18.2. The molecule has 0 fully saturated rings. The minimum atomic E-state index is 0.0161. The molecule has 0 amide bonds. The van der Waals surface area contributed by atoms with Crippen molar-refractivity contribution in [3.05, 3.63) is 96.1 Å². The summed E-state index contributed by atoms with van der Waals surface area (Å²) in [4.78, 5) is 0. The molecule has 0 spiro atoms. The summed E-state index contributed by atoms with van der Waals surface area (Å²) in [5, 5.41) is 6.31. The lowest BCUT2D eigenvalue weighted by Crippen LogP contribution is -2.15. The van der Waals surface area contributed by atoms with Gasteiger partial charge in [-0.25, -0.2) is 0 Å². The molecule has 5 aromatic rings. The largest absolute Gasteiger partial charge is 0.355 e. The molecule has 1 N–H and O–H groups in total. The summed E-state index contributed by atoms with van der Waals surface area (Å²) in [6.07, 6.45) is 0. The van der Waals surface area contributed by atoms with Crippen LogP contribution in [-0.4, -0.2) is 4.57 Å². The number of hydrogen-bond acceptors (Lipinski definition) is 1. The molecule has 152 valence electrons. The maximum atomic E-state index is 3.67. The van der Waals surface area contributed by atoms with E-state index < -0.39 is 0 Å². The summed E-state index contributed by atoms with van der Waals surface area (Å²) in [5.41, 5.74) is 10.4. The molecule has 0 unspecified atom stereocenters. The Bertz CT molecular complexity index is 1470. The average molecular weight is 403 g/mol. The number of anilines is 2. The van der Waals surface area contributed by atoms with E-state index in [9.17, 15) is 0 Å². The molecule has 0 radical (unpaired) electrons. The second-order valence-electron chi connectivity index (χ2n) is 9.05. The molecule has 2 nitrogen and oxygen atoms in total. The molecule has 0 saturated heterocycles. The van der Waals surface area contributed by atoms with Crippen molar-refractivity contribution in [1.29, 1.82) is 0 Å². The maximum absolute atomic E-state index is 3.67. The smallest absolute Gasteiger partial charge is 0.0512 e. The lowest BCUT2D eigenvalue weighted by molar-refractivity contribution is 0.660. The molecule has 1 aliphatic carbocycles. The summed E-state index contributed by atoms with van der Waals surface area (Å²) in [5.74, 6) is 0. The number of fused-ring (bicyclic) bond motifs is 6. The van der Waals surface area contributed by atoms with E-state index in [1.54, 1.807) is 0 Å². The second kappa shape index (κ2) is 6.49. The first-order chi connectivity index (χ1) is 15.1. The van der Waals surface area contributed by atoms with Crippen molar-refractivity contribution in [3.8, 4) is 11.1 Å². The van der Waals surface area contributed by atoms with Crippen LogP contribution < -0.4 is 5.32 Å². The second-order valence-corrected chi connectivity index (χ2v) is 9.05. The minimum Gasteiger partial charge on any atom is -0.355 e. The Morgan fingerprint density at radius 2 is 1.35 bits per heavy atom. The zero-order chi connectivity index (χ0) is 21.2. The zero-order valence-corrected chi connectivity index (χ0v) is 18.2. The summed E-state index contributed by atoms with van der Waals surface area (Å²) in [6, 6.07) is 31.0. The highest BCUT2D eigenvalue weighted by Crippen LogP contribution is 2.49. The maximum Gasteiger partial charge on any atom is 0.0512 e. The van der Waals surface area contributed by atoms with Crippen molar-refractivity contribution < 1.29 is 0 Å². The van der Waals surface area contributed by atoms with Crippen LogP contribution in [0.2, 0.25) is 0 Å². The quantitative estimate of drug-likeness (QED) is 0.325. The Balaban J connectivity index is 1.43. The summed E-state index contributed by atoms with van der Waals surface area (Å²) >= 11 is 0. The van der Waals surface area contributed by atoms with Gasteiger partial charge in [-0.3, -0.25) is 0 Å². The monoisotopic (exact) mass is 402 g/mol. The van der Waals surface area contributed by atoms with E-state index in [0.29, 0.717) is 0 Å². The van der Waals surface area contributed by atoms with Gasteiger partial charge in [0.25, 0.3) is 0 Å². The lowest BCUT2D eigenvalue weighted by Gasteiger charge is -2.22. The Labute approximate surface area is 183 Å². The highest BCUT2D eigenvalue weighted by molar-refractivity contribution is 6.09. The van der Waals surface area contributed by atoms with Gasteiger partial charge in [0.15, 0.2) is 0 Å². The van der Waals surface area contributed by atoms with E-state index in [2.05, 4.69) is 116 Å². The van der Waals surface area contributed by atoms with Crippen molar-refractivity contribution >= 4 is 33.2 Å². The van der Waals surface area contributed by atoms with Crippen molar-refractivity contribution in [2.75, 3.05) is 5.32 Å². The number of para-hydroxylation sites is 1. The Hall–Kier alpha value is -3.52. The third-order valence-electron chi connectivity index (χ3n) is 6.96. The van der Waals surface area contributed by atoms with E-state index in [1.807, 2.05) is 0 Å². The van der Waals surface area contributed by atoms with E-state index in [-0.39, 0.29) is 5.41 Å². The average Bonchev–Trinajstić information content (AvgIpc) is 3.23. The van der Waals surface area contributed by atoms with Crippen LogP contribution in [0.4, 0.5) is 11.4 Å². The highest BCUT2D eigenvalue weighted by Gasteiger charge is 2.35. The Morgan fingerprint density at radius 3 is 2.23 bits per heavy atom. The van der Waals surface area contributed by atoms with Crippen LogP contribution >= 0.6 is 0 Å². The minimum absolute atomic E-state index is 0.0161. The molecule has 1 aliphatic rings. The van der Waals surface area contributed by atoms with Crippen LogP contribution in [0, 0.1) is 0 Å².